The molecule has 106 valence electrons. The third kappa shape index (κ3) is 3.88. The molecule has 0 amide bonds. The van der Waals surface area contributed by atoms with Gasteiger partial charge >= 0.3 is 0 Å². The van der Waals surface area contributed by atoms with Crippen LogP contribution in [0.1, 0.15) is 24.3 Å². The van der Waals surface area contributed by atoms with Crippen LogP contribution < -0.4 is 10.1 Å². The zero-order valence-corrected chi connectivity index (χ0v) is 12.2. The molecule has 1 aliphatic rings. The lowest BCUT2D eigenvalue weighted by Gasteiger charge is -2.04. The summed E-state index contributed by atoms with van der Waals surface area (Å²) in [4.78, 5) is 0. The summed E-state index contributed by atoms with van der Waals surface area (Å²) in [5.41, 5.74) is 0.889. The fourth-order valence-corrected chi connectivity index (χ4v) is 2.32. The molecule has 1 fully saturated rings. The predicted octanol–water partition coefficient (Wildman–Crippen LogP) is 3.81. The van der Waals surface area contributed by atoms with Crippen molar-refractivity contribution >= 4 is 23.2 Å². The normalized spacial score (nSPS) is 14.5. The van der Waals surface area contributed by atoms with E-state index in [1.54, 1.807) is 18.2 Å². The Bertz CT molecular complexity index is 576. The van der Waals surface area contributed by atoms with Crippen molar-refractivity contribution in [2.75, 3.05) is 0 Å². The lowest BCUT2D eigenvalue weighted by atomic mass is 10.3. The molecule has 4 nitrogen and oxygen atoms in total. The minimum atomic E-state index is 0.299. The van der Waals surface area contributed by atoms with Crippen LogP contribution in [0.5, 0.6) is 5.75 Å². The average molecular weight is 313 g/mol. The van der Waals surface area contributed by atoms with Gasteiger partial charge in [0.15, 0.2) is 5.76 Å². The number of halogens is 2. The van der Waals surface area contributed by atoms with Crippen LogP contribution in [0.3, 0.4) is 0 Å². The summed E-state index contributed by atoms with van der Waals surface area (Å²) in [6.07, 6.45) is 2.51. The van der Waals surface area contributed by atoms with Crippen molar-refractivity contribution in [1.29, 1.82) is 0 Å². The largest absolute Gasteiger partial charge is 0.485 e. The fraction of sp³-hybridized carbons (Fsp3) is 0.357. The molecule has 1 saturated carbocycles. The second kappa shape index (κ2) is 6.04. The molecular formula is C14H14Cl2N2O2. The molecule has 0 radical (unpaired) electrons. The van der Waals surface area contributed by atoms with E-state index in [2.05, 4.69) is 10.5 Å². The standard InChI is InChI=1S/C14H14Cl2N2O2/c15-9-3-10(16)5-13(4-9)19-8-14-6-12(18-20-14)7-17-11-1-2-11/h3-6,11,17H,1-2,7-8H2. The monoisotopic (exact) mass is 312 g/mol. The number of hydrogen-bond acceptors (Lipinski definition) is 4. The molecule has 6 heteroatoms. The van der Waals surface area contributed by atoms with Crippen molar-refractivity contribution in [2.24, 2.45) is 0 Å². The number of nitrogens with one attached hydrogen (secondary N) is 1. The molecule has 0 spiro atoms. The third-order valence-electron chi connectivity index (χ3n) is 2.97. The molecule has 1 aromatic heterocycles. The highest BCUT2D eigenvalue weighted by atomic mass is 35.5. The van der Waals surface area contributed by atoms with Gasteiger partial charge in [-0.2, -0.15) is 0 Å². The predicted molar refractivity (Wildman–Crippen MR) is 77.2 cm³/mol. The van der Waals surface area contributed by atoms with Gasteiger partial charge in [-0.25, -0.2) is 0 Å². The van der Waals surface area contributed by atoms with E-state index in [0.717, 1.165) is 12.2 Å². The lowest BCUT2D eigenvalue weighted by molar-refractivity contribution is 0.248. The van der Waals surface area contributed by atoms with Gasteiger partial charge in [-0.3, -0.25) is 0 Å². The lowest BCUT2D eigenvalue weighted by Crippen LogP contribution is -2.15. The van der Waals surface area contributed by atoms with Crippen LogP contribution >= 0.6 is 23.2 Å². The zero-order valence-electron chi connectivity index (χ0n) is 10.7. The third-order valence-corrected chi connectivity index (χ3v) is 3.41. The second-order valence-electron chi connectivity index (χ2n) is 4.83. The van der Waals surface area contributed by atoms with Gasteiger partial charge in [-0.15, -0.1) is 0 Å². The fourth-order valence-electron chi connectivity index (χ4n) is 1.81. The van der Waals surface area contributed by atoms with Gasteiger partial charge in [0.2, 0.25) is 0 Å². The molecule has 0 aliphatic heterocycles. The maximum Gasteiger partial charge on any atom is 0.174 e. The molecule has 0 saturated heterocycles. The minimum absolute atomic E-state index is 0.299. The Labute approximate surface area is 127 Å². The molecular weight excluding hydrogens is 299 g/mol. The molecule has 0 atom stereocenters. The van der Waals surface area contributed by atoms with Crippen LogP contribution in [0.15, 0.2) is 28.8 Å². The van der Waals surface area contributed by atoms with Crippen LogP contribution in [-0.4, -0.2) is 11.2 Å². The molecule has 2 aromatic rings. The van der Waals surface area contributed by atoms with E-state index in [9.17, 15) is 0 Å². The number of hydrogen-bond donors (Lipinski definition) is 1. The zero-order chi connectivity index (χ0) is 13.9. The van der Waals surface area contributed by atoms with Crippen LogP contribution in [0.2, 0.25) is 10.0 Å². The molecule has 1 aliphatic carbocycles. The first kappa shape index (κ1) is 13.7. The van der Waals surface area contributed by atoms with E-state index in [1.807, 2.05) is 6.07 Å². The van der Waals surface area contributed by atoms with E-state index in [0.29, 0.717) is 34.2 Å². The van der Waals surface area contributed by atoms with Crippen molar-refractivity contribution in [3.8, 4) is 5.75 Å². The van der Waals surface area contributed by atoms with Crippen molar-refractivity contribution in [3.05, 3.63) is 45.8 Å². The smallest absolute Gasteiger partial charge is 0.174 e. The van der Waals surface area contributed by atoms with Gasteiger partial charge in [0.25, 0.3) is 0 Å². The van der Waals surface area contributed by atoms with Crippen LogP contribution in [0.4, 0.5) is 0 Å². The molecule has 1 aromatic carbocycles. The van der Waals surface area contributed by atoms with Crippen molar-refractivity contribution < 1.29 is 9.26 Å². The Morgan fingerprint density at radius 1 is 1.20 bits per heavy atom. The van der Waals surface area contributed by atoms with Crippen LogP contribution in [-0.2, 0) is 13.2 Å². The quantitative estimate of drug-likeness (QED) is 0.881. The number of nitrogens with zero attached hydrogens (tertiary/aromatic N) is 1. The van der Waals surface area contributed by atoms with Crippen molar-refractivity contribution in [3.63, 3.8) is 0 Å². The van der Waals surface area contributed by atoms with Crippen molar-refractivity contribution in [1.82, 2.24) is 10.5 Å². The highest BCUT2D eigenvalue weighted by molar-refractivity contribution is 6.34. The molecule has 0 unspecified atom stereocenters. The SMILES string of the molecule is Clc1cc(Cl)cc(OCc2cc(CNC3CC3)no2)c1. The number of benzene rings is 1. The van der Waals surface area contributed by atoms with E-state index in [-0.39, 0.29) is 0 Å². The summed E-state index contributed by atoms with van der Waals surface area (Å²) in [6.45, 7) is 1.03. The van der Waals surface area contributed by atoms with Gasteiger partial charge in [0.1, 0.15) is 12.4 Å². The Hall–Kier alpha value is -1.23. The number of ether oxygens (including phenoxy) is 1. The minimum Gasteiger partial charge on any atom is -0.485 e. The maximum atomic E-state index is 5.90. The Morgan fingerprint density at radius 3 is 2.65 bits per heavy atom. The molecule has 1 N–H and O–H groups in total. The second-order valence-corrected chi connectivity index (χ2v) is 5.71. The Kier molecular flexibility index (Phi) is 4.15. The summed E-state index contributed by atoms with van der Waals surface area (Å²) < 4.78 is 10.8. The van der Waals surface area contributed by atoms with Gasteiger partial charge in [-0.05, 0) is 31.0 Å². The first-order valence-electron chi connectivity index (χ1n) is 6.46. The number of rotatable bonds is 6. The van der Waals surface area contributed by atoms with Gasteiger partial charge in [0, 0.05) is 28.7 Å². The Morgan fingerprint density at radius 2 is 1.95 bits per heavy atom. The van der Waals surface area contributed by atoms with Crippen LogP contribution in [0.25, 0.3) is 0 Å². The summed E-state index contributed by atoms with van der Waals surface area (Å²) >= 11 is 11.8. The van der Waals surface area contributed by atoms with E-state index in [1.165, 1.54) is 12.8 Å². The topological polar surface area (TPSA) is 47.3 Å². The first-order chi connectivity index (χ1) is 9.69. The van der Waals surface area contributed by atoms with E-state index >= 15 is 0 Å². The maximum absolute atomic E-state index is 5.90. The Balaban J connectivity index is 1.54. The summed E-state index contributed by atoms with van der Waals surface area (Å²) in [7, 11) is 0. The summed E-state index contributed by atoms with van der Waals surface area (Å²) in [5.74, 6) is 1.28. The van der Waals surface area contributed by atoms with Crippen LogP contribution in [0, 0.1) is 0 Å². The van der Waals surface area contributed by atoms with Gasteiger partial charge in [0.05, 0.1) is 5.69 Å². The highest BCUT2D eigenvalue weighted by Crippen LogP contribution is 2.25. The van der Waals surface area contributed by atoms with Gasteiger partial charge < -0.3 is 14.6 Å². The molecule has 1 heterocycles. The van der Waals surface area contributed by atoms with E-state index in [4.69, 9.17) is 32.5 Å². The van der Waals surface area contributed by atoms with Gasteiger partial charge in [-0.1, -0.05) is 28.4 Å². The molecule has 0 bridgehead atoms. The first-order valence-corrected chi connectivity index (χ1v) is 7.21. The highest BCUT2D eigenvalue weighted by Gasteiger charge is 2.20. The molecule has 20 heavy (non-hydrogen) atoms. The average Bonchev–Trinajstić information content (AvgIpc) is 3.12. The summed E-state index contributed by atoms with van der Waals surface area (Å²) in [5, 5.41) is 8.45. The van der Waals surface area contributed by atoms with Crippen molar-refractivity contribution in [2.45, 2.75) is 32.0 Å². The van der Waals surface area contributed by atoms with E-state index < -0.39 is 0 Å². The summed E-state index contributed by atoms with van der Waals surface area (Å²) in [6, 6.07) is 7.62. The number of aromatic nitrogens is 1. The molecule has 3 rings (SSSR count).